The highest BCUT2D eigenvalue weighted by molar-refractivity contribution is 7.17. The number of carbonyl (C=O) groups is 1. The SMILES string of the molecule is CN(C)C[C@@H](OC(=O)N1CC2=C(CN=C2Nc2ncnc3ccsc23)C1(C)C)c1ccccc1. The summed E-state index contributed by atoms with van der Waals surface area (Å²) >= 11 is 1.59. The van der Waals surface area contributed by atoms with Gasteiger partial charge in [0.25, 0.3) is 0 Å². The van der Waals surface area contributed by atoms with Crippen LogP contribution in [0.4, 0.5) is 10.6 Å². The van der Waals surface area contributed by atoms with Crippen LogP contribution in [-0.2, 0) is 4.74 Å². The molecule has 176 valence electrons. The average Bonchev–Trinajstić information content (AvgIpc) is 3.50. The van der Waals surface area contributed by atoms with Crippen LogP contribution in [0.3, 0.4) is 0 Å². The van der Waals surface area contributed by atoms with Gasteiger partial charge in [-0.1, -0.05) is 30.3 Å². The molecule has 5 rings (SSSR count). The van der Waals surface area contributed by atoms with E-state index in [1.54, 1.807) is 22.6 Å². The van der Waals surface area contributed by atoms with Crippen molar-refractivity contribution in [2.75, 3.05) is 39.0 Å². The topological polar surface area (TPSA) is 83.0 Å². The Morgan fingerprint density at radius 3 is 2.79 bits per heavy atom. The molecule has 1 atom stereocenters. The number of amidine groups is 1. The first-order valence-electron chi connectivity index (χ1n) is 11.2. The van der Waals surface area contributed by atoms with Gasteiger partial charge in [-0.25, -0.2) is 14.8 Å². The molecule has 34 heavy (non-hydrogen) atoms. The first-order valence-corrected chi connectivity index (χ1v) is 12.1. The Bertz CT molecular complexity index is 1280. The minimum atomic E-state index is -0.497. The van der Waals surface area contributed by atoms with Crippen LogP contribution in [0.2, 0.25) is 0 Å². The number of nitrogens with one attached hydrogen (secondary N) is 1. The van der Waals surface area contributed by atoms with Crippen LogP contribution in [0.15, 0.2) is 64.2 Å². The Morgan fingerprint density at radius 1 is 1.24 bits per heavy atom. The van der Waals surface area contributed by atoms with Crippen LogP contribution in [0, 0.1) is 0 Å². The Kier molecular flexibility index (Phi) is 5.83. The first-order chi connectivity index (χ1) is 16.3. The maximum absolute atomic E-state index is 13.4. The van der Waals surface area contributed by atoms with Crippen molar-refractivity contribution in [3.63, 3.8) is 0 Å². The molecule has 8 nitrogen and oxygen atoms in total. The molecule has 0 saturated heterocycles. The van der Waals surface area contributed by atoms with Gasteiger partial charge in [0.2, 0.25) is 0 Å². The van der Waals surface area contributed by atoms with Crippen molar-refractivity contribution in [2.24, 2.45) is 4.99 Å². The van der Waals surface area contributed by atoms with Gasteiger partial charge in [-0.05, 0) is 50.5 Å². The third kappa shape index (κ3) is 4.05. The van der Waals surface area contributed by atoms with Gasteiger partial charge in [-0.15, -0.1) is 11.3 Å². The van der Waals surface area contributed by atoms with Gasteiger partial charge < -0.3 is 15.0 Å². The van der Waals surface area contributed by atoms with Crippen molar-refractivity contribution in [1.82, 2.24) is 19.8 Å². The molecule has 1 N–H and O–H groups in total. The normalized spacial score (nSPS) is 17.8. The molecule has 2 aromatic heterocycles. The zero-order valence-electron chi connectivity index (χ0n) is 19.8. The van der Waals surface area contributed by atoms with Crippen LogP contribution >= 0.6 is 11.3 Å². The minimum Gasteiger partial charge on any atom is -0.440 e. The van der Waals surface area contributed by atoms with E-state index in [9.17, 15) is 4.79 Å². The summed E-state index contributed by atoms with van der Waals surface area (Å²) < 4.78 is 7.06. The lowest BCUT2D eigenvalue weighted by molar-refractivity contribution is 0.0383. The predicted octanol–water partition coefficient (Wildman–Crippen LogP) is 4.35. The Hall–Kier alpha value is -3.30. The Balaban J connectivity index is 1.35. The molecular weight excluding hydrogens is 448 g/mol. The molecule has 0 unspecified atom stereocenters. The number of likely N-dealkylation sites (N-methyl/N-ethyl adjacent to an activating group) is 1. The highest BCUT2D eigenvalue weighted by Crippen LogP contribution is 2.39. The van der Waals surface area contributed by atoms with Crippen molar-refractivity contribution in [3.8, 4) is 0 Å². The summed E-state index contributed by atoms with van der Waals surface area (Å²) in [5.74, 6) is 1.50. The van der Waals surface area contributed by atoms with Crippen LogP contribution in [0.25, 0.3) is 10.2 Å². The molecule has 2 aliphatic rings. The number of aromatic nitrogens is 2. The number of amides is 1. The fraction of sp³-hybridized carbons (Fsp3) is 0.360. The molecule has 3 aromatic rings. The fourth-order valence-electron chi connectivity index (χ4n) is 4.54. The van der Waals surface area contributed by atoms with Crippen molar-refractivity contribution in [3.05, 3.63) is 64.8 Å². The van der Waals surface area contributed by atoms with E-state index < -0.39 is 5.54 Å². The minimum absolute atomic E-state index is 0.322. The monoisotopic (exact) mass is 476 g/mol. The summed E-state index contributed by atoms with van der Waals surface area (Å²) in [5, 5.41) is 5.40. The highest BCUT2D eigenvalue weighted by Gasteiger charge is 2.46. The van der Waals surface area contributed by atoms with Gasteiger partial charge in [0.15, 0.2) is 5.82 Å². The van der Waals surface area contributed by atoms with Crippen LogP contribution in [-0.4, -0.2) is 71.0 Å². The summed E-state index contributed by atoms with van der Waals surface area (Å²) in [6.45, 7) is 5.71. The molecule has 4 heterocycles. The number of benzene rings is 1. The van der Waals surface area contributed by atoms with Gasteiger partial charge in [0, 0.05) is 12.1 Å². The van der Waals surface area contributed by atoms with E-state index >= 15 is 0 Å². The second-order valence-electron chi connectivity index (χ2n) is 9.29. The molecule has 1 aromatic carbocycles. The third-order valence-electron chi connectivity index (χ3n) is 6.42. The van der Waals surface area contributed by atoms with Crippen LogP contribution in [0.1, 0.15) is 25.5 Å². The molecule has 0 saturated carbocycles. The lowest BCUT2D eigenvalue weighted by atomic mass is 9.94. The van der Waals surface area contributed by atoms with Crippen molar-refractivity contribution < 1.29 is 9.53 Å². The van der Waals surface area contributed by atoms with E-state index in [0.717, 1.165) is 38.6 Å². The fourth-order valence-corrected chi connectivity index (χ4v) is 5.33. The predicted molar refractivity (Wildman–Crippen MR) is 135 cm³/mol. The second kappa shape index (κ2) is 8.81. The smallest absolute Gasteiger partial charge is 0.411 e. The van der Waals surface area contributed by atoms with Gasteiger partial charge in [-0.2, -0.15) is 0 Å². The zero-order valence-corrected chi connectivity index (χ0v) is 20.6. The summed E-state index contributed by atoms with van der Waals surface area (Å²) in [5.41, 5.74) is 3.55. The number of thiophene rings is 1. The van der Waals surface area contributed by atoms with Crippen molar-refractivity contribution in [2.45, 2.75) is 25.5 Å². The molecule has 2 aliphatic heterocycles. The number of fused-ring (bicyclic) bond motifs is 1. The number of anilines is 1. The molecule has 0 bridgehead atoms. The van der Waals surface area contributed by atoms with Gasteiger partial charge in [-0.3, -0.25) is 9.89 Å². The average molecular weight is 477 g/mol. The standard InChI is InChI=1S/C25H28N6O2S/c1-25(2)18-12-26-22(29-23-21-19(10-11-34-21)27-15-28-23)17(18)13-31(25)24(32)33-20(14-30(3)4)16-8-6-5-7-9-16/h5-11,15,20H,12-14H2,1-4H3,(H,26,27,28,29)/t20-/m1/s1. The maximum atomic E-state index is 13.4. The molecule has 9 heteroatoms. The quantitative estimate of drug-likeness (QED) is 0.590. The van der Waals surface area contributed by atoms with E-state index in [1.807, 2.05) is 60.8 Å². The Labute approximate surface area is 203 Å². The largest absolute Gasteiger partial charge is 0.440 e. The van der Waals surface area contributed by atoms with Gasteiger partial charge in [0.05, 0.1) is 28.8 Å². The number of nitrogens with zero attached hydrogens (tertiary/aromatic N) is 5. The highest BCUT2D eigenvalue weighted by atomic mass is 32.1. The molecule has 1 amide bonds. The Morgan fingerprint density at radius 2 is 2.03 bits per heavy atom. The first kappa shape index (κ1) is 22.5. The maximum Gasteiger partial charge on any atom is 0.411 e. The summed E-state index contributed by atoms with van der Waals surface area (Å²) in [6, 6.07) is 11.9. The summed E-state index contributed by atoms with van der Waals surface area (Å²) in [6.07, 6.45) is 0.880. The number of ether oxygens (including phenoxy) is 1. The van der Waals surface area contributed by atoms with Gasteiger partial charge in [0.1, 0.15) is 18.3 Å². The summed E-state index contributed by atoms with van der Waals surface area (Å²) in [4.78, 5) is 30.7. The van der Waals surface area contributed by atoms with Crippen LogP contribution in [0.5, 0.6) is 0 Å². The summed E-state index contributed by atoms with van der Waals surface area (Å²) in [7, 11) is 3.96. The molecule has 0 spiro atoms. The number of aliphatic imine (C=N–C) groups is 1. The third-order valence-corrected chi connectivity index (χ3v) is 7.33. The van der Waals surface area contributed by atoms with Gasteiger partial charge >= 0.3 is 6.09 Å². The van der Waals surface area contributed by atoms with Crippen molar-refractivity contribution >= 4 is 39.3 Å². The lowest BCUT2D eigenvalue weighted by Crippen LogP contribution is -2.47. The molecule has 0 aliphatic carbocycles. The zero-order chi connectivity index (χ0) is 23.9. The lowest BCUT2D eigenvalue weighted by Gasteiger charge is -2.35. The van der Waals surface area contributed by atoms with Crippen molar-refractivity contribution in [1.29, 1.82) is 0 Å². The van der Waals surface area contributed by atoms with E-state index in [4.69, 9.17) is 9.73 Å². The number of rotatable bonds is 5. The number of carbonyl (C=O) groups excluding carboxylic acids is 1. The number of hydrogen-bond donors (Lipinski definition) is 1. The van der Waals surface area contributed by atoms with E-state index in [1.165, 1.54) is 0 Å². The van der Waals surface area contributed by atoms with Crippen LogP contribution < -0.4 is 5.32 Å². The molecular formula is C25H28N6O2S. The number of hydrogen-bond acceptors (Lipinski definition) is 8. The second-order valence-corrected chi connectivity index (χ2v) is 10.2. The van der Waals surface area contributed by atoms with E-state index in [0.29, 0.717) is 19.6 Å². The molecule has 0 radical (unpaired) electrons. The van der Waals surface area contributed by atoms with E-state index in [-0.39, 0.29) is 12.2 Å². The molecule has 0 fully saturated rings. The van der Waals surface area contributed by atoms with E-state index in [2.05, 4.69) is 29.1 Å².